The third-order valence-corrected chi connectivity index (χ3v) is 3.40. The van der Waals surface area contributed by atoms with E-state index in [-0.39, 0.29) is 12.1 Å². The fourth-order valence-electron chi connectivity index (χ4n) is 1.22. The molecule has 0 radical (unpaired) electrons. The number of thiazole rings is 1. The van der Waals surface area contributed by atoms with Crippen molar-refractivity contribution in [3.8, 4) is 0 Å². The molecule has 0 spiro atoms. The van der Waals surface area contributed by atoms with Crippen LogP contribution in [0, 0.1) is 6.92 Å². The number of hydrogen-bond donors (Lipinski definition) is 2. The molecule has 0 unspecified atom stereocenters. The summed E-state index contributed by atoms with van der Waals surface area (Å²) < 4.78 is 3.65. The lowest BCUT2D eigenvalue weighted by atomic mass is 10.3. The van der Waals surface area contributed by atoms with Gasteiger partial charge in [-0.2, -0.15) is 0 Å². The summed E-state index contributed by atoms with van der Waals surface area (Å²) in [6.07, 6.45) is 1.50. The van der Waals surface area contributed by atoms with Gasteiger partial charge in [0.15, 0.2) is 0 Å². The molecule has 0 fully saturated rings. The zero-order valence-corrected chi connectivity index (χ0v) is 10.9. The number of urea groups is 1. The van der Waals surface area contributed by atoms with E-state index in [1.807, 2.05) is 19.2 Å². The maximum Gasteiger partial charge on any atom is 0.320 e. The van der Waals surface area contributed by atoms with E-state index in [0.717, 1.165) is 22.2 Å². The molecule has 1 atom stereocenters. The van der Waals surface area contributed by atoms with Crippen LogP contribution in [0.15, 0.2) is 11.6 Å². The summed E-state index contributed by atoms with van der Waals surface area (Å²) in [5.74, 6) is 0. The van der Waals surface area contributed by atoms with E-state index < -0.39 is 0 Å². The van der Waals surface area contributed by atoms with Crippen LogP contribution in [0.3, 0.4) is 0 Å². The van der Waals surface area contributed by atoms with Crippen molar-refractivity contribution in [2.75, 3.05) is 5.32 Å². The molecule has 2 heterocycles. The molecule has 0 aliphatic rings. The smallest absolute Gasteiger partial charge is 0.320 e. The summed E-state index contributed by atoms with van der Waals surface area (Å²) >= 11 is 2.70. The number of anilines is 1. The van der Waals surface area contributed by atoms with Gasteiger partial charge in [-0.3, -0.25) is 5.32 Å². The number of amides is 2. The Labute approximate surface area is 106 Å². The van der Waals surface area contributed by atoms with Crippen LogP contribution in [0.2, 0.25) is 0 Å². The van der Waals surface area contributed by atoms with Gasteiger partial charge in [0.2, 0.25) is 0 Å². The highest BCUT2D eigenvalue weighted by Gasteiger charge is 2.12. The lowest BCUT2D eigenvalue weighted by Gasteiger charge is -2.11. The number of carbonyl (C=O) groups excluding carboxylic acids is 1. The molecule has 2 aromatic heterocycles. The Morgan fingerprint density at radius 3 is 2.94 bits per heavy atom. The number of carbonyl (C=O) groups is 1. The van der Waals surface area contributed by atoms with Crippen molar-refractivity contribution in [3.63, 3.8) is 0 Å². The van der Waals surface area contributed by atoms with E-state index >= 15 is 0 Å². The molecule has 0 aliphatic heterocycles. The van der Waals surface area contributed by atoms with E-state index in [0.29, 0.717) is 5.00 Å². The summed E-state index contributed by atoms with van der Waals surface area (Å²) in [5.41, 5.74) is 0.866. The van der Waals surface area contributed by atoms with Gasteiger partial charge in [-0.05, 0) is 13.8 Å². The summed E-state index contributed by atoms with van der Waals surface area (Å²) in [7, 11) is 0. The molecule has 0 saturated heterocycles. The summed E-state index contributed by atoms with van der Waals surface area (Å²) in [4.78, 5) is 15.9. The Morgan fingerprint density at radius 1 is 1.53 bits per heavy atom. The molecular weight excluding hydrogens is 258 g/mol. The first-order valence-corrected chi connectivity index (χ1v) is 6.57. The molecule has 2 N–H and O–H groups in total. The zero-order valence-electron chi connectivity index (χ0n) is 9.30. The highest BCUT2D eigenvalue weighted by Crippen LogP contribution is 2.16. The number of nitrogens with zero attached hydrogens (tertiary/aromatic N) is 3. The molecular formula is C9H11N5OS2. The van der Waals surface area contributed by atoms with Gasteiger partial charge in [0.1, 0.15) is 5.00 Å². The molecule has 0 aromatic carbocycles. The van der Waals surface area contributed by atoms with Crippen molar-refractivity contribution in [2.45, 2.75) is 19.9 Å². The number of hydrogen-bond acceptors (Lipinski definition) is 6. The van der Waals surface area contributed by atoms with Gasteiger partial charge in [0.05, 0.1) is 22.9 Å². The minimum Gasteiger partial charge on any atom is -0.330 e. The zero-order chi connectivity index (χ0) is 12.3. The van der Waals surface area contributed by atoms with Crippen LogP contribution in [0.5, 0.6) is 0 Å². The Hall–Kier alpha value is -1.54. The van der Waals surface area contributed by atoms with E-state index in [1.165, 1.54) is 6.20 Å². The van der Waals surface area contributed by atoms with Gasteiger partial charge in [-0.15, -0.1) is 16.4 Å². The van der Waals surface area contributed by atoms with Gasteiger partial charge in [0.25, 0.3) is 0 Å². The average molecular weight is 269 g/mol. The molecule has 0 aliphatic carbocycles. The number of aromatic nitrogens is 3. The molecule has 6 nitrogen and oxygen atoms in total. The number of nitrogens with one attached hydrogen (secondary N) is 2. The largest absolute Gasteiger partial charge is 0.330 e. The first kappa shape index (κ1) is 11.9. The number of rotatable bonds is 3. The molecule has 17 heavy (non-hydrogen) atoms. The molecule has 90 valence electrons. The second-order valence-electron chi connectivity index (χ2n) is 3.39. The highest BCUT2D eigenvalue weighted by atomic mass is 32.1. The Bertz CT molecular complexity index is 495. The second-order valence-corrected chi connectivity index (χ2v) is 5.24. The third-order valence-electron chi connectivity index (χ3n) is 2.03. The van der Waals surface area contributed by atoms with Crippen LogP contribution in [0.1, 0.15) is 23.7 Å². The average Bonchev–Trinajstić information content (AvgIpc) is 2.89. The molecule has 0 bridgehead atoms. The van der Waals surface area contributed by atoms with E-state index in [2.05, 4.69) is 25.2 Å². The van der Waals surface area contributed by atoms with Crippen LogP contribution in [-0.4, -0.2) is 20.6 Å². The Kier molecular flexibility index (Phi) is 3.64. The lowest BCUT2D eigenvalue weighted by Crippen LogP contribution is -2.31. The van der Waals surface area contributed by atoms with Crippen molar-refractivity contribution >= 4 is 33.9 Å². The summed E-state index contributed by atoms with van der Waals surface area (Å²) in [6.45, 7) is 3.82. The van der Waals surface area contributed by atoms with Gasteiger partial charge in [0, 0.05) is 16.9 Å². The van der Waals surface area contributed by atoms with Crippen LogP contribution < -0.4 is 10.6 Å². The van der Waals surface area contributed by atoms with Gasteiger partial charge >= 0.3 is 6.03 Å². The summed E-state index contributed by atoms with van der Waals surface area (Å²) in [6, 6.07) is -0.407. The fourth-order valence-corrected chi connectivity index (χ4v) is 2.34. The van der Waals surface area contributed by atoms with Crippen molar-refractivity contribution in [1.82, 2.24) is 19.9 Å². The van der Waals surface area contributed by atoms with E-state index in [9.17, 15) is 4.79 Å². The van der Waals surface area contributed by atoms with E-state index in [1.54, 1.807) is 11.3 Å². The maximum absolute atomic E-state index is 11.6. The molecule has 0 saturated carbocycles. The fraction of sp³-hybridized carbons (Fsp3) is 0.333. The predicted molar refractivity (Wildman–Crippen MR) is 67.3 cm³/mol. The van der Waals surface area contributed by atoms with Crippen LogP contribution >= 0.6 is 22.9 Å². The standard InChI is InChI=1S/C9H11N5OS2/c1-5(7-4-16-6(2)12-7)11-9(15)13-8-3-10-14-17-8/h3-5H,1-2H3,(H2,11,13,15)/t5-/m1/s1. The van der Waals surface area contributed by atoms with Crippen LogP contribution in [0.25, 0.3) is 0 Å². The van der Waals surface area contributed by atoms with E-state index in [4.69, 9.17) is 0 Å². The molecule has 2 aromatic rings. The van der Waals surface area contributed by atoms with Crippen LogP contribution in [-0.2, 0) is 0 Å². The van der Waals surface area contributed by atoms with Gasteiger partial charge in [-0.1, -0.05) is 4.49 Å². The predicted octanol–water partition coefficient (Wildman–Crippen LogP) is 2.19. The highest BCUT2D eigenvalue weighted by molar-refractivity contribution is 7.10. The Morgan fingerprint density at radius 2 is 2.35 bits per heavy atom. The topological polar surface area (TPSA) is 79.8 Å². The first-order chi connectivity index (χ1) is 8.15. The quantitative estimate of drug-likeness (QED) is 0.895. The third kappa shape index (κ3) is 3.21. The maximum atomic E-state index is 11.6. The summed E-state index contributed by atoms with van der Waals surface area (Å²) in [5, 5.41) is 12.6. The lowest BCUT2D eigenvalue weighted by molar-refractivity contribution is 0.249. The van der Waals surface area contributed by atoms with Crippen molar-refractivity contribution in [2.24, 2.45) is 0 Å². The van der Waals surface area contributed by atoms with Gasteiger partial charge in [-0.25, -0.2) is 9.78 Å². The van der Waals surface area contributed by atoms with Gasteiger partial charge < -0.3 is 5.32 Å². The minimum atomic E-state index is -0.283. The van der Waals surface area contributed by atoms with Crippen molar-refractivity contribution < 1.29 is 4.79 Å². The van der Waals surface area contributed by atoms with Crippen molar-refractivity contribution in [1.29, 1.82) is 0 Å². The first-order valence-electron chi connectivity index (χ1n) is 4.92. The SMILES string of the molecule is Cc1nc([C@@H](C)NC(=O)Nc2cnns2)cs1. The van der Waals surface area contributed by atoms with Crippen LogP contribution in [0.4, 0.5) is 9.80 Å². The minimum absolute atomic E-state index is 0.124. The Balaban J connectivity index is 1.90. The monoisotopic (exact) mass is 269 g/mol. The molecule has 8 heteroatoms. The molecule has 2 amide bonds. The second kappa shape index (κ2) is 5.19. The molecule has 2 rings (SSSR count). The normalized spacial score (nSPS) is 12.1. The van der Waals surface area contributed by atoms with Crippen molar-refractivity contribution in [3.05, 3.63) is 22.3 Å². The number of aryl methyl sites for hydroxylation is 1.